The van der Waals surface area contributed by atoms with Crippen molar-refractivity contribution >= 4 is 50.6 Å². The van der Waals surface area contributed by atoms with E-state index < -0.39 is 0 Å². The first-order valence-electron chi connectivity index (χ1n) is 7.12. The third kappa shape index (κ3) is 3.60. The fraction of sp³-hybridized carbons (Fsp3) is 0.188. The molecule has 5 nitrogen and oxygen atoms in total. The summed E-state index contributed by atoms with van der Waals surface area (Å²) in [5, 5.41) is 6.25. The molecule has 0 saturated carbocycles. The monoisotopic (exact) mass is 347 g/mol. The summed E-state index contributed by atoms with van der Waals surface area (Å²) >= 11 is 7.45. The van der Waals surface area contributed by atoms with Gasteiger partial charge in [-0.3, -0.25) is 0 Å². The normalized spacial score (nSPS) is 10.7. The van der Waals surface area contributed by atoms with Crippen LogP contribution in [0.2, 0.25) is 5.28 Å². The van der Waals surface area contributed by atoms with E-state index in [1.54, 1.807) is 24.3 Å². The second-order valence-electron chi connectivity index (χ2n) is 4.82. The summed E-state index contributed by atoms with van der Waals surface area (Å²) in [7, 11) is 0. The summed E-state index contributed by atoms with van der Waals surface area (Å²) in [6.45, 7) is 2.38. The lowest BCUT2D eigenvalue weighted by atomic mass is 10.2. The van der Waals surface area contributed by atoms with E-state index in [-0.39, 0.29) is 11.3 Å². The van der Waals surface area contributed by atoms with Gasteiger partial charge in [0.1, 0.15) is 10.6 Å². The average molecular weight is 348 g/mol. The predicted molar refractivity (Wildman–Crippen MR) is 92.7 cm³/mol. The molecule has 23 heavy (non-hydrogen) atoms. The molecule has 2 aromatic heterocycles. The number of nitrogens with zero attached hydrogens (tertiary/aromatic N) is 2. The molecule has 0 fully saturated rings. The highest BCUT2D eigenvalue weighted by Crippen LogP contribution is 2.28. The molecule has 0 aliphatic carbocycles. The van der Waals surface area contributed by atoms with E-state index in [9.17, 15) is 4.79 Å². The largest absolute Gasteiger partial charge is 0.462 e. The Balaban J connectivity index is 1.80. The minimum absolute atomic E-state index is 0.196. The third-order valence-electron chi connectivity index (χ3n) is 3.12. The maximum absolute atomic E-state index is 11.8. The lowest BCUT2D eigenvalue weighted by Crippen LogP contribution is -2.05. The zero-order valence-electron chi connectivity index (χ0n) is 12.4. The number of hydrogen-bond acceptors (Lipinski definition) is 6. The van der Waals surface area contributed by atoms with Crippen molar-refractivity contribution in [2.75, 3.05) is 11.9 Å². The molecule has 118 valence electrons. The highest BCUT2D eigenvalue weighted by Gasteiger charge is 2.10. The van der Waals surface area contributed by atoms with Gasteiger partial charge in [0.15, 0.2) is 0 Å². The minimum atomic E-state index is -0.316. The molecular formula is C16H14ClN3O2S. The standard InChI is InChI=1S/C16H14ClN3O2S/c1-2-8-22-15(21)10-3-5-11(6-4-10)18-13-12-7-9-23-14(12)20-16(17)19-13/h3-7,9H,2,8H2,1H3,(H,18,19,20). The number of benzene rings is 1. The molecule has 0 atom stereocenters. The Bertz CT molecular complexity index is 833. The molecule has 0 saturated heterocycles. The number of ether oxygens (including phenoxy) is 1. The van der Waals surface area contributed by atoms with Crippen molar-refractivity contribution in [3.8, 4) is 0 Å². The number of rotatable bonds is 5. The lowest BCUT2D eigenvalue weighted by molar-refractivity contribution is 0.0505. The second kappa shape index (κ2) is 6.93. The number of aromatic nitrogens is 2. The second-order valence-corrected chi connectivity index (χ2v) is 6.05. The first-order chi connectivity index (χ1) is 11.2. The first kappa shape index (κ1) is 15.7. The van der Waals surface area contributed by atoms with Gasteiger partial charge in [0.2, 0.25) is 5.28 Å². The number of thiophene rings is 1. The van der Waals surface area contributed by atoms with Crippen LogP contribution in [-0.2, 0) is 4.74 Å². The van der Waals surface area contributed by atoms with Gasteiger partial charge in [-0.05, 0) is 53.7 Å². The highest BCUT2D eigenvalue weighted by atomic mass is 35.5. The van der Waals surface area contributed by atoms with Gasteiger partial charge >= 0.3 is 5.97 Å². The van der Waals surface area contributed by atoms with Crippen LogP contribution in [0, 0.1) is 0 Å². The van der Waals surface area contributed by atoms with Crippen LogP contribution in [0.25, 0.3) is 10.2 Å². The van der Waals surface area contributed by atoms with Crippen molar-refractivity contribution < 1.29 is 9.53 Å². The molecule has 1 aromatic carbocycles. The topological polar surface area (TPSA) is 64.1 Å². The van der Waals surface area contributed by atoms with E-state index in [0.29, 0.717) is 18.0 Å². The average Bonchev–Trinajstić information content (AvgIpc) is 3.01. The molecule has 3 rings (SSSR count). The number of anilines is 2. The molecule has 0 aliphatic rings. The van der Waals surface area contributed by atoms with E-state index in [1.165, 1.54) is 11.3 Å². The highest BCUT2D eigenvalue weighted by molar-refractivity contribution is 7.16. The first-order valence-corrected chi connectivity index (χ1v) is 8.38. The summed E-state index contributed by atoms with van der Waals surface area (Å²) in [5.41, 5.74) is 1.32. The molecule has 2 heterocycles. The van der Waals surface area contributed by atoms with Gasteiger partial charge in [0, 0.05) is 5.69 Å². The number of fused-ring (bicyclic) bond motifs is 1. The van der Waals surface area contributed by atoms with Crippen molar-refractivity contribution in [3.05, 3.63) is 46.6 Å². The van der Waals surface area contributed by atoms with E-state index in [4.69, 9.17) is 16.3 Å². The third-order valence-corrected chi connectivity index (χ3v) is 4.09. The number of hydrogen-bond donors (Lipinski definition) is 1. The van der Waals surface area contributed by atoms with Gasteiger partial charge in [0.05, 0.1) is 17.6 Å². The Kier molecular flexibility index (Phi) is 4.73. The fourth-order valence-corrected chi connectivity index (χ4v) is 3.01. The summed E-state index contributed by atoms with van der Waals surface area (Å²) in [5.74, 6) is 0.325. The van der Waals surface area contributed by atoms with E-state index in [2.05, 4.69) is 15.3 Å². The van der Waals surface area contributed by atoms with Gasteiger partial charge < -0.3 is 10.1 Å². The van der Waals surface area contributed by atoms with Gasteiger partial charge in [-0.15, -0.1) is 11.3 Å². The zero-order valence-corrected chi connectivity index (χ0v) is 13.9. The van der Waals surface area contributed by atoms with Crippen LogP contribution in [0.5, 0.6) is 0 Å². The molecule has 1 N–H and O–H groups in total. The van der Waals surface area contributed by atoms with Crippen LogP contribution in [0.15, 0.2) is 35.7 Å². The van der Waals surface area contributed by atoms with Crippen LogP contribution >= 0.6 is 22.9 Å². The maximum atomic E-state index is 11.8. The Morgan fingerprint density at radius 3 is 2.78 bits per heavy atom. The Morgan fingerprint density at radius 1 is 1.26 bits per heavy atom. The van der Waals surface area contributed by atoms with E-state index in [1.807, 2.05) is 18.4 Å². The molecule has 3 aromatic rings. The maximum Gasteiger partial charge on any atom is 0.338 e. The molecule has 0 bridgehead atoms. The van der Waals surface area contributed by atoms with Crippen LogP contribution in [-0.4, -0.2) is 22.5 Å². The Morgan fingerprint density at radius 2 is 2.04 bits per heavy atom. The van der Waals surface area contributed by atoms with Gasteiger partial charge in [-0.2, -0.15) is 4.98 Å². The quantitative estimate of drug-likeness (QED) is 0.537. The molecule has 7 heteroatoms. The van der Waals surface area contributed by atoms with Crippen LogP contribution < -0.4 is 5.32 Å². The fourth-order valence-electron chi connectivity index (χ4n) is 2.03. The molecule has 0 unspecified atom stereocenters. The van der Waals surface area contributed by atoms with Crippen LogP contribution in [0.4, 0.5) is 11.5 Å². The van der Waals surface area contributed by atoms with Crippen molar-refractivity contribution in [2.45, 2.75) is 13.3 Å². The number of halogens is 1. The van der Waals surface area contributed by atoms with Crippen LogP contribution in [0.3, 0.4) is 0 Å². The van der Waals surface area contributed by atoms with Crippen molar-refractivity contribution in [2.24, 2.45) is 0 Å². The summed E-state index contributed by atoms with van der Waals surface area (Å²) in [6.07, 6.45) is 0.802. The summed E-state index contributed by atoms with van der Waals surface area (Å²) in [6, 6.07) is 8.98. The van der Waals surface area contributed by atoms with E-state index in [0.717, 1.165) is 22.3 Å². The molecular weight excluding hydrogens is 334 g/mol. The minimum Gasteiger partial charge on any atom is -0.462 e. The van der Waals surface area contributed by atoms with Gasteiger partial charge in [0.25, 0.3) is 0 Å². The van der Waals surface area contributed by atoms with Crippen molar-refractivity contribution in [3.63, 3.8) is 0 Å². The summed E-state index contributed by atoms with van der Waals surface area (Å²) in [4.78, 5) is 21.0. The number of esters is 1. The molecule has 0 radical (unpaired) electrons. The lowest BCUT2D eigenvalue weighted by Gasteiger charge is -2.08. The van der Waals surface area contributed by atoms with Gasteiger partial charge in [-0.25, -0.2) is 9.78 Å². The Hall–Kier alpha value is -2.18. The van der Waals surface area contributed by atoms with Crippen LogP contribution in [0.1, 0.15) is 23.7 Å². The van der Waals surface area contributed by atoms with E-state index >= 15 is 0 Å². The molecule has 0 spiro atoms. The Labute approximate surface area is 142 Å². The zero-order chi connectivity index (χ0) is 16.2. The smallest absolute Gasteiger partial charge is 0.338 e. The van der Waals surface area contributed by atoms with Crippen molar-refractivity contribution in [1.29, 1.82) is 0 Å². The molecule has 0 aliphatic heterocycles. The molecule has 0 amide bonds. The number of carbonyl (C=O) groups is 1. The van der Waals surface area contributed by atoms with Gasteiger partial charge in [-0.1, -0.05) is 6.92 Å². The number of carbonyl (C=O) groups excluding carboxylic acids is 1. The predicted octanol–water partition coefficient (Wildman–Crippen LogP) is 4.66. The summed E-state index contributed by atoms with van der Waals surface area (Å²) < 4.78 is 5.10. The SMILES string of the molecule is CCCOC(=O)c1ccc(Nc2nc(Cl)nc3sccc23)cc1. The number of nitrogens with one attached hydrogen (secondary N) is 1. The van der Waals surface area contributed by atoms with Crippen molar-refractivity contribution in [1.82, 2.24) is 9.97 Å².